The van der Waals surface area contributed by atoms with Gasteiger partial charge in [0.15, 0.2) is 0 Å². The highest BCUT2D eigenvalue weighted by Crippen LogP contribution is 2.16. The summed E-state index contributed by atoms with van der Waals surface area (Å²) < 4.78 is 5.65. The smallest absolute Gasteiger partial charge is 0.119 e. The fourth-order valence-corrected chi connectivity index (χ4v) is 1.99. The van der Waals surface area contributed by atoms with Crippen molar-refractivity contribution in [1.29, 1.82) is 0 Å². The summed E-state index contributed by atoms with van der Waals surface area (Å²) in [5.74, 6) is 2.99. The molecule has 1 rings (SSSR count). The molecule has 0 saturated heterocycles. The number of benzene rings is 1. The standard InChI is InChI=1S/C12H19NOS/c1-10-7-11(2)9-12(8-10)14-4-6-15-5-3-13/h7-9H,3-6,13H2,1-2H3. The van der Waals surface area contributed by atoms with Crippen LogP contribution < -0.4 is 10.5 Å². The highest BCUT2D eigenvalue weighted by Gasteiger charge is 1.96. The molecule has 0 amide bonds. The first-order valence-electron chi connectivity index (χ1n) is 5.21. The van der Waals surface area contributed by atoms with Crippen molar-refractivity contribution in [3.05, 3.63) is 29.3 Å². The van der Waals surface area contributed by atoms with E-state index in [-0.39, 0.29) is 0 Å². The zero-order chi connectivity index (χ0) is 11.1. The minimum Gasteiger partial charge on any atom is -0.493 e. The summed E-state index contributed by atoms with van der Waals surface area (Å²) in [6, 6.07) is 6.29. The van der Waals surface area contributed by atoms with Crippen molar-refractivity contribution in [2.45, 2.75) is 13.8 Å². The first-order chi connectivity index (χ1) is 7.22. The van der Waals surface area contributed by atoms with Crippen molar-refractivity contribution in [2.24, 2.45) is 5.73 Å². The number of thioether (sulfide) groups is 1. The molecule has 0 spiro atoms. The van der Waals surface area contributed by atoms with Crippen molar-refractivity contribution in [1.82, 2.24) is 0 Å². The molecule has 84 valence electrons. The maximum Gasteiger partial charge on any atom is 0.119 e. The van der Waals surface area contributed by atoms with E-state index in [0.717, 1.165) is 30.4 Å². The molecule has 0 aliphatic rings. The summed E-state index contributed by atoms with van der Waals surface area (Å²) >= 11 is 1.83. The van der Waals surface area contributed by atoms with Crippen molar-refractivity contribution in [3.8, 4) is 5.75 Å². The van der Waals surface area contributed by atoms with Gasteiger partial charge in [-0.2, -0.15) is 11.8 Å². The van der Waals surface area contributed by atoms with Gasteiger partial charge in [-0.05, 0) is 37.1 Å². The van der Waals surface area contributed by atoms with Gasteiger partial charge in [-0.1, -0.05) is 6.07 Å². The van der Waals surface area contributed by atoms with Gasteiger partial charge in [-0.15, -0.1) is 0 Å². The molecule has 0 aromatic heterocycles. The Kier molecular flexibility index (Phi) is 5.58. The molecule has 0 aliphatic carbocycles. The summed E-state index contributed by atoms with van der Waals surface area (Å²) in [6.45, 7) is 5.67. The third-order valence-electron chi connectivity index (χ3n) is 1.95. The van der Waals surface area contributed by atoms with Crippen LogP contribution in [0.15, 0.2) is 18.2 Å². The lowest BCUT2D eigenvalue weighted by atomic mass is 10.1. The minimum absolute atomic E-state index is 0.744. The van der Waals surface area contributed by atoms with Gasteiger partial charge in [0.2, 0.25) is 0 Å². The monoisotopic (exact) mass is 225 g/mol. The van der Waals surface area contributed by atoms with Crippen molar-refractivity contribution in [2.75, 3.05) is 24.7 Å². The van der Waals surface area contributed by atoms with Gasteiger partial charge in [0.05, 0.1) is 6.61 Å². The number of hydrogen-bond acceptors (Lipinski definition) is 3. The van der Waals surface area contributed by atoms with Gasteiger partial charge < -0.3 is 10.5 Å². The van der Waals surface area contributed by atoms with Gasteiger partial charge in [0.25, 0.3) is 0 Å². The molecule has 3 heteroatoms. The summed E-state index contributed by atoms with van der Waals surface area (Å²) in [4.78, 5) is 0. The fraction of sp³-hybridized carbons (Fsp3) is 0.500. The molecule has 0 aliphatic heterocycles. The Hall–Kier alpha value is -0.670. The van der Waals surface area contributed by atoms with Crippen molar-refractivity contribution >= 4 is 11.8 Å². The van der Waals surface area contributed by atoms with Crippen LogP contribution in [0.5, 0.6) is 5.75 Å². The molecule has 1 aromatic rings. The quantitative estimate of drug-likeness (QED) is 0.755. The second-order valence-electron chi connectivity index (χ2n) is 3.57. The van der Waals surface area contributed by atoms with Crippen LogP contribution in [0.25, 0.3) is 0 Å². The molecule has 0 heterocycles. The fourth-order valence-electron chi connectivity index (χ4n) is 1.42. The van der Waals surface area contributed by atoms with E-state index in [1.165, 1.54) is 11.1 Å². The average Bonchev–Trinajstić information content (AvgIpc) is 2.16. The van der Waals surface area contributed by atoms with Crippen LogP contribution in [0.4, 0.5) is 0 Å². The zero-order valence-corrected chi connectivity index (χ0v) is 10.3. The van der Waals surface area contributed by atoms with Crippen LogP contribution in [-0.4, -0.2) is 24.7 Å². The molecule has 2 nitrogen and oxygen atoms in total. The van der Waals surface area contributed by atoms with Gasteiger partial charge in [-0.25, -0.2) is 0 Å². The van der Waals surface area contributed by atoms with Gasteiger partial charge in [0.1, 0.15) is 5.75 Å². The predicted molar refractivity (Wildman–Crippen MR) is 67.8 cm³/mol. The number of rotatable bonds is 6. The average molecular weight is 225 g/mol. The molecule has 0 fully saturated rings. The summed E-state index contributed by atoms with van der Waals surface area (Å²) in [6.07, 6.45) is 0. The van der Waals surface area contributed by atoms with Gasteiger partial charge in [-0.3, -0.25) is 0 Å². The third kappa shape index (κ3) is 5.09. The molecule has 0 radical (unpaired) electrons. The molecule has 0 saturated carbocycles. The molecular formula is C12H19NOS. The van der Waals surface area contributed by atoms with Gasteiger partial charge >= 0.3 is 0 Å². The van der Waals surface area contributed by atoms with Crippen LogP contribution in [0, 0.1) is 13.8 Å². The Morgan fingerprint density at radius 2 is 1.80 bits per heavy atom. The van der Waals surface area contributed by atoms with E-state index in [1.807, 2.05) is 11.8 Å². The summed E-state index contributed by atoms with van der Waals surface area (Å²) in [7, 11) is 0. The predicted octanol–water partition coefficient (Wildman–Crippen LogP) is 2.37. The Bertz CT molecular complexity index is 281. The van der Waals surface area contributed by atoms with Crippen LogP contribution in [0.3, 0.4) is 0 Å². The molecule has 0 bridgehead atoms. The van der Waals surface area contributed by atoms with E-state index in [2.05, 4.69) is 32.0 Å². The third-order valence-corrected chi connectivity index (χ3v) is 2.93. The second-order valence-corrected chi connectivity index (χ2v) is 4.80. The molecule has 0 unspecified atom stereocenters. The number of nitrogens with two attached hydrogens (primary N) is 1. The van der Waals surface area contributed by atoms with Crippen LogP contribution in [0.2, 0.25) is 0 Å². The van der Waals surface area contributed by atoms with Crippen LogP contribution >= 0.6 is 11.8 Å². The Morgan fingerprint density at radius 1 is 1.13 bits per heavy atom. The maximum absolute atomic E-state index is 5.65. The molecular weight excluding hydrogens is 206 g/mol. The van der Waals surface area contributed by atoms with E-state index >= 15 is 0 Å². The lowest BCUT2D eigenvalue weighted by Gasteiger charge is -2.07. The molecule has 2 N–H and O–H groups in total. The van der Waals surface area contributed by atoms with E-state index < -0.39 is 0 Å². The number of aryl methyl sites for hydroxylation is 2. The Labute approximate surface area is 96.2 Å². The molecule has 1 aromatic carbocycles. The summed E-state index contributed by atoms with van der Waals surface area (Å²) in [5, 5.41) is 0. The summed E-state index contributed by atoms with van der Waals surface area (Å²) in [5.41, 5.74) is 7.90. The highest BCUT2D eigenvalue weighted by atomic mass is 32.2. The SMILES string of the molecule is Cc1cc(C)cc(OCCSCCN)c1. The Morgan fingerprint density at radius 3 is 2.40 bits per heavy atom. The topological polar surface area (TPSA) is 35.2 Å². The number of hydrogen-bond donors (Lipinski definition) is 1. The minimum atomic E-state index is 0.744. The Balaban J connectivity index is 2.31. The van der Waals surface area contributed by atoms with Crippen LogP contribution in [-0.2, 0) is 0 Å². The highest BCUT2D eigenvalue weighted by molar-refractivity contribution is 7.99. The maximum atomic E-state index is 5.65. The van der Waals surface area contributed by atoms with Crippen molar-refractivity contribution in [3.63, 3.8) is 0 Å². The van der Waals surface area contributed by atoms with Gasteiger partial charge in [0, 0.05) is 18.1 Å². The first-order valence-corrected chi connectivity index (χ1v) is 6.37. The van der Waals surface area contributed by atoms with Crippen LogP contribution in [0.1, 0.15) is 11.1 Å². The molecule has 15 heavy (non-hydrogen) atoms. The van der Waals surface area contributed by atoms with Crippen molar-refractivity contribution < 1.29 is 4.74 Å². The normalized spacial score (nSPS) is 10.3. The van der Waals surface area contributed by atoms with E-state index in [4.69, 9.17) is 10.5 Å². The largest absolute Gasteiger partial charge is 0.493 e. The lowest BCUT2D eigenvalue weighted by molar-refractivity contribution is 0.343. The van der Waals surface area contributed by atoms with E-state index in [0.29, 0.717) is 0 Å². The zero-order valence-electron chi connectivity index (χ0n) is 9.45. The first kappa shape index (κ1) is 12.4. The van der Waals surface area contributed by atoms with E-state index in [1.54, 1.807) is 0 Å². The van der Waals surface area contributed by atoms with E-state index in [9.17, 15) is 0 Å². The lowest BCUT2D eigenvalue weighted by Crippen LogP contribution is -2.05. The molecule has 0 atom stereocenters. The number of ether oxygens (including phenoxy) is 1. The second kappa shape index (κ2) is 6.75.